The van der Waals surface area contributed by atoms with Crippen molar-refractivity contribution in [1.29, 1.82) is 0 Å². The minimum absolute atomic E-state index is 0.0570. The molecule has 0 bridgehead atoms. The summed E-state index contributed by atoms with van der Waals surface area (Å²) >= 11 is 0. The van der Waals surface area contributed by atoms with Gasteiger partial charge in [0, 0.05) is 23.0 Å². The fourth-order valence-corrected chi connectivity index (χ4v) is 3.34. The molecular formula is C20H20O4. The molecule has 4 heteroatoms. The van der Waals surface area contributed by atoms with E-state index in [1.165, 1.54) is 24.3 Å². The molecule has 0 aromatic heterocycles. The van der Waals surface area contributed by atoms with Gasteiger partial charge in [-0.3, -0.25) is 9.59 Å². The van der Waals surface area contributed by atoms with Crippen LogP contribution in [0.5, 0.6) is 11.5 Å². The highest BCUT2D eigenvalue weighted by Crippen LogP contribution is 2.33. The normalized spacial score (nSPS) is 20.5. The molecule has 0 amide bonds. The number of ketones is 2. The molecule has 1 aliphatic carbocycles. The van der Waals surface area contributed by atoms with Crippen molar-refractivity contribution >= 4 is 11.6 Å². The number of benzene rings is 2. The lowest BCUT2D eigenvalue weighted by atomic mass is 9.76. The van der Waals surface area contributed by atoms with E-state index < -0.39 is 0 Å². The average molecular weight is 324 g/mol. The molecule has 0 heterocycles. The summed E-state index contributed by atoms with van der Waals surface area (Å²) in [7, 11) is 0. The summed E-state index contributed by atoms with van der Waals surface area (Å²) in [5, 5.41) is 18.6. The summed E-state index contributed by atoms with van der Waals surface area (Å²) in [6.07, 6.45) is 2.81. The molecule has 124 valence electrons. The maximum absolute atomic E-state index is 12.5. The molecule has 0 saturated heterocycles. The zero-order valence-electron chi connectivity index (χ0n) is 13.3. The van der Waals surface area contributed by atoms with Crippen LogP contribution < -0.4 is 0 Å². The van der Waals surface area contributed by atoms with E-state index in [1.807, 2.05) is 0 Å². The molecular weight excluding hydrogens is 304 g/mol. The summed E-state index contributed by atoms with van der Waals surface area (Å²) in [6.45, 7) is 0. The molecule has 0 atom stereocenters. The first-order valence-corrected chi connectivity index (χ1v) is 8.21. The van der Waals surface area contributed by atoms with E-state index in [1.54, 1.807) is 24.3 Å². The predicted octanol–water partition coefficient (Wildman–Crippen LogP) is 3.97. The van der Waals surface area contributed by atoms with E-state index in [4.69, 9.17) is 0 Å². The Morgan fingerprint density at radius 3 is 1.21 bits per heavy atom. The molecule has 1 aliphatic rings. The molecule has 2 aromatic carbocycles. The third-order valence-electron chi connectivity index (χ3n) is 4.77. The first kappa shape index (κ1) is 16.2. The fraction of sp³-hybridized carbons (Fsp3) is 0.300. The smallest absolute Gasteiger partial charge is 0.165 e. The van der Waals surface area contributed by atoms with Crippen LogP contribution in [0, 0.1) is 11.8 Å². The van der Waals surface area contributed by atoms with Gasteiger partial charge in [0.25, 0.3) is 0 Å². The minimum Gasteiger partial charge on any atom is -0.508 e. The highest BCUT2D eigenvalue weighted by molar-refractivity contribution is 5.99. The summed E-state index contributed by atoms with van der Waals surface area (Å²) in [6, 6.07) is 12.7. The third-order valence-corrected chi connectivity index (χ3v) is 4.77. The maximum atomic E-state index is 12.5. The zero-order chi connectivity index (χ0) is 17.1. The lowest BCUT2D eigenvalue weighted by Gasteiger charge is -2.27. The molecule has 24 heavy (non-hydrogen) atoms. The monoisotopic (exact) mass is 324 g/mol. The van der Waals surface area contributed by atoms with Crippen LogP contribution in [0.15, 0.2) is 48.5 Å². The summed E-state index contributed by atoms with van der Waals surface area (Å²) in [5.74, 6) is 0.359. The molecule has 0 aliphatic heterocycles. The standard InChI is InChI=1S/C20H20O4/c21-17-9-5-15(6-10-17)19(23)13-1-2-14(4-3-13)20(24)16-7-11-18(22)12-8-16/h5-14,21-22H,1-4H2/t13-,14-. The zero-order valence-corrected chi connectivity index (χ0v) is 13.3. The van der Waals surface area contributed by atoms with Crippen molar-refractivity contribution in [2.45, 2.75) is 25.7 Å². The van der Waals surface area contributed by atoms with Gasteiger partial charge in [0.2, 0.25) is 0 Å². The largest absolute Gasteiger partial charge is 0.508 e. The van der Waals surface area contributed by atoms with Gasteiger partial charge >= 0.3 is 0 Å². The maximum Gasteiger partial charge on any atom is 0.165 e. The van der Waals surface area contributed by atoms with E-state index >= 15 is 0 Å². The van der Waals surface area contributed by atoms with Crippen molar-refractivity contribution in [3.8, 4) is 11.5 Å². The summed E-state index contributed by atoms with van der Waals surface area (Å²) in [5.41, 5.74) is 1.22. The van der Waals surface area contributed by atoms with E-state index in [-0.39, 0.29) is 34.9 Å². The SMILES string of the molecule is O=C(c1ccc(O)cc1)[C@H]1CC[C@H](C(=O)c2ccc(O)cc2)CC1. The Labute approximate surface area is 140 Å². The van der Waals surface area contributed by atoms with Gasteiger partial charge in [0.15, 0.2) is 11.6 Å². The van der Waals surface area contributed by atoms with Crippen molar-refractivity contribution in [1.82, 2.24) is 0 Å². The second-order valence-electron chi connectivity index (χ2n) is 6.37. The second-order valence-corrected chi connectivity index (χ2v) is 6.37. The minimum atomic E-state index is -0.0570. The van der Waals surface area contributed by atoms with Crippen molar-refractivity contribution in [3.63, 3.8) is 0 Å². The van der Waals surface area contributed by atoms with Gasteiger partial charge in [-0.1, -0.05) is 0 Å². The van der Waals surface area contributed by atoms with Crippen LogP contribution >= 0.6 is 0 Å². The van der Waals surface area contributed by atoms with E-state index in [2.05, 4.69) is 0 Å². The van der Waals surface area contributed by atoms with Crippen molar-refractivity contribution < 1.29 is 19.8 Å². The molecule has 0 radical (unpaired) electrons. The number of Topliss-reactive ketones (excluding diaryl/α,β-unsaturated/α-hetero) is 2. The van der Waals surface area contributed by atoms with E-state index in [0.717, 1.165) is 0 Å². The number of aromatic hydroxyl groups is 2. The number of carbonyl (C=O) groups is 2. The van der Waals surface area contributed by atoms with Gasteiger partial charge in [-0.15, -0.1) is 0 Å². The van der Waals surface area contributed by atoms with Gasteiger partial charge in [0.05, 0.1) is 0 Å². The van der Waals surface area contributed by atoms with Crippen LogP contribution in [0.25, 0.3) is 0 Å². The van der Waals surface area contributed by atoms with Gasteiger partial charge < -0.3 is 10.2 Å². The predicted molar refractivity (Wildman–Crippen MR) is 90.3 cm³/mol. The Morgan fingerprint density at radius 2 is 0.917 bits per heavy atom. The number of carbonyl (C=O) groups excluding carboxylic acids is 2. The second kappa shape index (κ2) is 6.87. The number of phenolic OH excluding ortho intramolecular Hbond substituents is 2. The number of hydrogen-bond acceptors (Lipinski definition) is 4. The summed E-state index contributed by atoms with van der Waals surface area (Å²) in [4.78, 5) is 25.0. The van der Waals surface area contributed by atoms with Crippen LogP contribution in [0.1, 0.15) is 46.4 Å². The van der Waals surface area contributed by atoms with E-state index in [0.29, 0.717) is 36.8 Å². The van der Waals surface area contributed by atoms with Crippen molar-refractivity contribution in [2.24, 2.45) is 11.8 Å². The molecule has 1 saturated carbocycles. The van der Waals surface area contributed by atoms with Gasteiger partial charge in [-0.2, -0.15) is 0 Å². The number of phenols is 2. The third kappa shape index (κ3) is 3.48. The molecule has 0 unspecified atom stereocenters. The summed E-state index contributed by atoms with van der Waals surface area (Å²) < 4.78 is 0. The van der Waals surface area contributed by atoms with E-state index in [9.17, 15) is 19.8 Å². The Kier molecular flexibility index (Phi) is 4.65. The van der Waals surface area contributed by atoms with Crippen LogP contribution in [-0.4, -0.2) is 21.8 Å². The van der Waals surface area contributed by atoms with Crippen LogP contribution in [-0.2, 0) is 0 Å². The first-order valence-electron chi connectivity index (χ1n) is 8.21. The molecule has 4 nitrogen and oxygen atoms in total. The first-order chi connectivity index (χ1) is 11.5. The lowest BCUT2D eigenvalue weighted by molar-refractivity contribution is 0.0797. The highest BCUT2D eigenvalue weighted by Gasteiger charge is 2.30. The quantitative estimate of drug-likeness (QED) is 0.835. The van der Waals surface area contributed by atoms with Crippen molar-refractivity contribution in [3.05, 3.63) is 59.7 Å². The molecule has 0 spiro atoms. The number of rotatable bonds is 4. The van der Waals surface area contributed by atoms with Gasteiger partial charge in [-0.25, -0.2) is 0 Å². The molecule has 1 fully saturated rings. The Bertz CT molecular complexity index is 658. The number of hydrogen-bond donors (Lipinski definition) is 2. The topological polar surface area (TPSA) is 74.6 Å². The fourth-order valence-electron chi connectivity index (χ4n) is 3.34. The molecule has 2 N–H and O–H groups in total. The van der Waals surface area contributed by atoms with Gasteiger partial charge in [-0.05, 0) is 74.2 Å². The lowest BCUT2D eigenvalue weighted by Crippen LogP contribution is -2.26. The van der Waals surface area contributed by atoms with Gasteiger partial charge in [0.1, 0.15) is 11.5 Å². The van der Waals surface area contributed by atoms with Crippen LogP contribution in [0.4, 0.5) is 0 Å². The van der Waals surface area contributed by atoms with Crippen LogP contribution in [0.2, 0.25) is 0 Å². The Morgan fingerprint density at radius 1 is 0.625 bits per heavy atom. The highest BCUT2D eigenvalue weighted by atomic mass is 16.3. The average Bonchev–Trinajstić information content (AvgIpc) is 2.62. The Balaban J connectivity index is 1.61. The molecule has 3 rings (SSSR count). The Hall–Kier alpha value is -2.62. The van der Waals surface area contributed by atoms with Crippen LogP contribution in [0.3, 0.4) is 0 Å². The van der Waals surface area contributed by atoms with Crippen molar-refractivity contribution in [2.75, 3.05) is 0 Å². The molecule has 2 aromatic rings.